The van der Waals surface area contributed by atoms with Gasteiger partial charge in [-0.3, -0.25) is 4.79 Å². The second-order valence-corrected chi connectivity index (χ2v) is 8.44. The maximum atomic E-state index is 12.3. The second kappa shape index (κ2) is 8.79. The molecule has 0 aliphatic heterocycles. The second-order valence-electron chi connectivity index (χ2n) is 8.44. The van der Waals surface area contributed by atoms with Gasteiger partial charge >= 0.3 is 0 Å². The van der Waals surface area contributed by atoms with Crippen molar-refractivity contribution in [3.63, 3.8) is 0 Å². The molecule has 0 saturated heterocycles. The minimum Gasteiger partial charge on any atom is -0.366 e. The number of fused-ring (bicyclic) bond motifs is 1. The molecule has 4 aromatic carbocycles. The van der Waals surface area contributed by atoms with Gasteiger partial charge in [-0.1, -0.05) is 97.1 Å². The molecule has 0 fully saturated rings. The van der Waals surface area contributed by atoms with Crippen molar-refractivity contribution in [2.45, 2.75) is 19.4 Å². The van der Waals surface area contributed by atoms with Crippen LogP contribution in [0.15, 0.2) is 109 Å². The molecule has 0 aliphatic rings. The molecule has 1 heterocycles. The van der Waals surface area contributed by atoms with E-state index in [2.05, 4.69) is 83.4 Å². The van der Waals surface area contributed by atoms with Gasteiger partial charge in [0.15, 0.2) is 0 Å². The van der Waals surface area contributed by atoms with Gasteiger partial charge in [-0.15, -0.1) is 0 Å². The molecule has 3 nitrogen and oxygen atoms in total. The summed E-state index contributed by atoms with van der Waals surface area (Å²) in [5, 5.41) is 2.36. The van der Waals surface area contributed by atoms with Gasteiger partial charge in [-0.05, 0) is 46.5 Å². The number of aromatic nitrogens is 1. The third-order valence-electron chi connectivity index (χ3n) is 6.45. The summed E-state index contributed by atoms with van der Waals surface area (Å²) in [5.41, 5.74) is 11.8. The van der Waals surface area contributed by atoms with E-state index in [1.54, 1.807) is 0 Å². The number of carbonyl (C=O) groups excluding carboxylic acids is 1. The van der Waals surface area contributed by atoms with Crippen LogP contribution in [0.25, 0.3) is 22.0 Å². The molecule has 5 aromatic rings. The van der Waals surface area contributed by atoms with Crippen molar-refractivity contribution < 1.29 is 4.79 Å². The minimum atomic E-state index is -0.399. The summed E-state index contributed by atoms with van der Waals surface area (Å²) in [4.78, 5) is 12.3. The Kier molecular flexibility index (Phi) is 5.54. The van der Waals surface area contributed by atoms with Crippen LogP contribution in [0.3, 0.4) is 0 Å². The van der Waals surface area contributed by atoms with Crippen LogP contribution in [0.1, 0.15) is 33.1 Å². The van der Waals surface area contributed by atoms with E-state index < -0.39 is 5.91 Å². The van der Waals surface area contributed by atoms with Crippen molar-refractivity contribution in [2.75, 3.05) is 0 Å². The van der Waals surface area contributed by atoms with E-state index in [9.17, 15) is 4.79 Å². The Labute approximate surface area is 194 Å². The van der Waals surface area contributed by atoms with Crippen molar-refractivity contribution >= 4 is 16.7 Å². The minimum absolute atomic E-state index is 0.137. The lowest BCUT2D eigenvalue weighted by atomic mass is 9.91. The fraction of sp³-hybridized carbons (Fsp3) is 0.100. The fourth-order valence-corrected chi connectivity index (χ4v) is 4.67. The van der Waals surface area contributed by atoms with Gasteiger partial charge < -0.3 is 10.3 Å². The lowest BCUT2D eigenvalue weighted by molar-refractivity contribution is 0.0999. The predicted molar refractivity (Wildman–Crippen MR) is 135 cm³/mol. The van der Waals surface area contributed by atoms with E-state index in [0.29, 0.717) is 12.1 Å². The molecule has 0 spiro atoms. The van der Waals surface area contributed by atoms with Gasteiger partial charge in [0.2, 0.25) is 0 Å². The number of amides is 1. The highest BCUT2D eigenvalue weighted by Gasteiger charge is 2.22. The Bertz CT molecular complexity index is 1380. The largest absolute Gasteiger partial charge is 0.366 e. The summed E-state index contributed by atoms with van der Waals surface area (Å²) in [6.07, 6.45) is 0. The molecule has 5 rings (SSSR count). The number of nitrogens with two attached hydrogens (primary N) is 1. The summed E-state index contributed by atoms with van der Waals surface area (Å²) < 4.78 is 2.24. The quantitative estimate of drug-likeness (QED) is 0.326. The number of hydrogen-bond acceptors (Lipinski definition) is 1. The van der Waals surface area contributed by atoms with E-state index in [-0.39, 0.29) is 5.92 Å². The first kappa shape index (κ1) is 20.8. The normalized spacial score (nSPS) is 11.2. The Morgan fingerprint density at radius 3 is 1.94 bits per heavy atom. The van der Waals surface area contributed by atoms with Crippen LogP contribution in [-0.4, -0.2) is 10.5 Å². The lowest BCUT2D eigenvalue weighted by Gasteiger charge is -2.22. The van der Waals surface area contributed by atoms with Gasteiger partial charge in [0.1, 0.15) is 0 Å². The topological polar surface area (TPSA) is 48.0 Å². The Morgan fingerprint density at radius 1 is 0.758 bits per heavy atom. The highest BCUT2D eigenvalue weighted by molar-refractivity contribution is 5.96. The average Bonchev–Trinajstić information content (AvgIpc) is 3.19. The molecule has 3 heteroatoms. The molecule has 0 saturated carbocycles. The fourth-order valence-electron chi connectivity index (χ4n) is 4.67. The predicted octanol–water partition coefficient (Wildman–Crippen LogP) is 6.55. The van der Waals surface area contributed by atoms with Crippen LogP contribution in [0.2, 0.25) is 0 Å². The van der Waals surface area contributed by atoms with Gasteiger partial charge in [0.25, 0.3) is 5.91 Å². The van der Waals surface area contributed by atoms with E-state index in [0.717, 1.165) is 17.0 Å². The van der Waals surface area contributed by atoms with Crippen LogP contribution >= 0.6 is 0 Å². The smallest absolute Gasteiger partial charge is 0.250 e. The zero-order valence-corrected chi connectivity index (χ0v) is 18.6. The maximum absolute atomic E-state index is 12.3. The summed E-state index contributed by atoms with van der Waals surface area (Å²) in [6.45, 7) is 2.69. The maximum Gasteiger partial charge on any atom is 0.250 e. The molecule has 1 amide bonds. The van der Waals surface area contributed by atoms with E-state index in [1.807, 2.05) is 37.3 Å². The third-order valence-corrected chi connectivity index (χ3v) is 6.45. The van der Waals surface area contributed by atoms with Gasteiger partial charge in [-0.2, -0.15) is 0 Å². The molecule has 0 unspecified atom stereocenters. The van der Waals surface area contributed by atoms with Crippen LogP contribution < -0.4 is 5.73 Å². The SMILES string of the molecule is Cc1c(C(N)=O)cc(-c2ccc3ccccc3c2)n1CC(c1ccccc1)c1ccccc1. The van der Waals surface area contributed by atoms with E-state index in [4.69, 9.17) is 5.73 Å². The summed E-state index contributed by atoms with van der Waals surface area (Å²) in [7, 11) is 0. The van der Waals surface area contributed by atoms with Gasteiger partial charge in [0.05, 0.1) is 5.56 Å². The molecule has 33 heavy (non-hydrogen) atoms. The Morgan fingerprint density at radius 2 is 1.33 bits per heavy atom. The zero-order valence-electron chi connectivity index (χ0n) is 18.6. The molecule has 1 aromatic heterocycles. The number of rotatable bonds is 6. The average molecular weight is 431 g/mol. The molecule has 0 atom stereocenters. The highest BCUT2D eigenvalue weighted by Crippen LogP contribution is 2.33. The van der Waals surface area contributed by atoms with Crippen LogP contribution in [0, 0.1) is 6.92 Å². The van der Waals surface area contributed by atoms with Crippen molar-refractivity contribution in [1.29, 1.82) is 0 Å². The number of hydrogen-bond donors (Lipinski definition) is 1. The Balaban J connectivity index is 1.67. The molecule has 2 N–H and O–H groups in total. The van der Waals surface area contributed by atoms with E-state index in [1.165, 1.54) is 21.9 Å². The molecule has 162 valence electrons. The Hall–Kier alpha value is -4.11. The van der Waals surface area contributed by atoms with Crippen LogP contribution in [0.5, 0.6) is 0 Å². The van der Waals surface area contributed by atoms with Crippen molar-refractivity contribution in [1.82, 2.24) is 4.57 Å². The number of nitrogens with zero attached hydrogens (tertiary/aromatic N) is 1. The first-order chi connectivity index (χ1) is 16.1. The first-order valence-electron chi connectivity index (χ1n) is 11.2. The summed E-state index contributed by atoms with van der Waals surface area (Å²) >= 11 is 0. The van der Waals surface area contributed by atoms with Crippen LogP contribution in [-0.2, 0) is 6.54 Å². The highest BCUT2D eigenvalue weighted by atomic mass is 16.1. The lowest BCUT2D eigenvalue weighted by Crippen LogP contribution is -2.15. The van der Waals surface area contributed by atoms with Crippen molar-refractivity contribution in [3.05, 3.63) is 132 Å². The monoisotopic (exact) mass is 430 g/mol. The zero-order chi connectivity index (χ0) is 22.8. The number of benzene rings is 4. The molecule has 0 aliphatic carbocycles. The molecular formula is C30H26N2O. The van der Waals surface area contributed by atoms with E-state index >= 15 is 0 Å². The number of carbonyl (C=O) groups is 1. The summed E-state index contributed by atoms with van der Waals surface area (Å²) in [6, 6.07) is 37.8. The first-order valence-corrected chi connectivity index (χ1v) is 11.2. The molecular weight excluding hydrogens is 404 g/mol. The molecule has 0 bridgehead atoms. The molecule has 0 radical (unpaired) electrons. The van der Waals surface area contributed by atoms with Crippen molar-refractivity contribution in [2.24, 2.45) is 5.73 Å². The van der Waals surface area contributed by atoms with Crippen LogP contribution in [0.4, 0.5) is 0 Å². The number of primary amides is 1. The van der Waals surface area contributed by atoms with Gasteiger partial charge in [0, 0.05) is 23.9 Å². The summed E-state index contributed by atoms with van der Waals surface area (Å²) in [5.74, 6) is -0.261. The standard InChI is InChI=1S/C30H26N2O/c1-21-27(30(31)33)19-29(26-17-16-22-10-8-9-15-25(22)18-26)32(21)20-28(23-11-4-2-5-12-23)24-13-6-3-7-14-24/h2-19,28H,20H2,1H3,(H2,31,33). The van der Waals surface area contributed by atoms with Gasteiger partial charge in [-0.25, -0.2) is 0 Å². The third kappa shape index (κ3) is 4.06. The van der Waals surface area contributed by atoms with Crippen molar-refractivity contribution in [3.8, 4) is 11.3 Å².